The van der Waals surface area contributed by atoms with Crippen LogP contribution >= 0.6 is 23.2 Å². The van der Waals surface area contributed by atoms with Crippen LogP contribution in [-0.4, -0.2) is 11.9 Å². The first kappa shape index (κ1) is 12.3. The average molecular weight is 247 g/mol. The van der Waals surface area contributed by atoms with Crippen molar-refractivity contribution in [1.82, 2.24) is 5.32 Å². The van der Waals surface area contributed by atoms with Crippen molar-refractivity contribution in [2.45, 2.75) is 19.5 Å². The molecule has 0 unspecified atom stereocenters. The molecule has 0 saturated heterocycles. The van der Waals surface area contributed by atoms with Crippen LogP contribution in [0.4, 0.5) is 0 Å². The van der Waals surface area contributed by atoms with E-state index in [-0.39, 0.29) is 5.91 Å². The highest BCUT2D eigenvalue weighted by atomic mass is 35.5. The predicted octanol–water partition coefficient (Wildman–Crippen LogP) is 1.96. The van der Waals surface area contributed by atoms with E-state index < -0.39 is 6.04 Å². The molecule has 1 aromatic carbocycles. The van der Waals surface area contributed by atoms with Crippen molar-refractivity contribution in [3.05, 3.63) is 33.8 Å². The highest BCUT2D eigenvalue weighted by Gasteiger charge is 2.08. The molecular formula is C10H12Cl2N2O. The minimum Gasteiger partial charge on any atom is -0.351 e. The van der Waals surface area contributed by atoms with Crippen LogP contribution in [0.2, 0.25) is 10.0 Å². The summed E-state index contributed by atoms with van der Waals surface area (Å²) in [6.07, 6.45) is 0. The van der Waals surface area contributed by atoms with Crippen molar-refractivity contribution in [3.8, 4) is 0 Å². The molecule has 0 saturated carbocycles. The minimum absolute atomic E-state index is 0.217. The second-order valence-electron chi connectivity index (χ2n) is 3.22. The van der Waals surface area contributed by atoms with Gasteiger partial charge in [-0.05, 0) is 18.6 Å². The van der Waals surface area contributed by atoms with Gasteiger partial charge in [0.05, 0.1) is 16.1 Å². The van der Waals surface area contributed by atoms with Crippen molar-refractivity contribution < 1.29 is 4.79 Å². The molecule has 1 atom stereocenters. The molecule has 15 heavy (non-hydrogen) atoms. The maximum Gasteiger partial charge on any atom is 0.236 e. The van der Waals surface area contributed by atoms with Gasteiger partial charge in [0, 0.05) is 6.54 Å². The molecule has 82 valence electrons. The molecule has 3 nitrogen and oxygen atoms in total. The molecule has 1 rings (SSSR count). The normalized spacial score (nSPS) is 12.3. The zero-order chi connectivity index (χ0) is 11.4. The summed E-state index contributed by atoms with van der Waals surface area (Å²) in [4.78, 5) is 11.2. The third-order valence-electron chi connectivity index (χ3n) is 1.90. The summed E-state index contributed by atoms with van der Waals surface area (Å²) in [5.74, 6) is -0.217. The van der Waals surface area contributed by atoms with E-state index in [2.05, 4.69) is 5.32 Å². The van der Waals surface area contributed by atoms with Gasteiger partial charge in [0.1, 0.15) is 0 Å². The maximum absolute atomic E-state index is 11.2. The Kier molecular flexibility index (Phi) is 4.39. The van der Waals surface area contributed by atoms with Crippen molar-refractivity contribution >= 4 is 29.1 Å². The molecule has 0 bridgehead atoms. The summed E-state index contributed by atoms with van der Waals surface area (Å²) in [6.45, 7) is 1.95. The number of carbonyl (C=O) groups excluding carboxylic acids is 1. The summed E-state index contributed by atoms with van der Waals surface area (Å²) in [7, 11) is 0. The van der Waals surface area contributed by atoms with Gasteiger partial charge in [-0.25, -0.2) is 0 Å². The van der Waals surface area contributed by atoms with E-state index in [4.69, 9.17) is 28.9 Å². The van der Waals surface area contributed by atoms with Crippen LogP contribution in [0.3, 0.4) is 0 Å². The van der Waals surface area contributed by atoms with E-state index in [1.807, 2.05) is 0 Å². The van der Waals surface area contributed by atoms with Crippen molar-refractivity contribution in [1.29, 1.82) is 0 Å². The number of amides is 1. The molecule has 0 radical (unpaired) electrons. The minimum atomic E-state index is -0.525. The Bertz CT molecular complexity index is 366. The molecule has 1 amide bonds. The van der Waals surface area contributed by atoms with Gasteiger partial charge in [-0.15, -0.1) is 0 Å². The van der Waals surface area contributed by atoms with E-state index in [9.17, 15) is 4.79 Å². The molecule has 0 aromatic heterocycles. The average Bonchev–Trinajstić information content (AvgIpc) is 2.19. The molecule has 5 heteroatoms. The second kappa shape index (κ2) is 5.35. The molecule has 0 fully saturated rings. The highest BCUT2D eigenvalue weighted by Crippen LogP contribution is 2.25. The second-order valence-corrected chi connectivity index (χ2v) is 4.00. The van der Waals surface area contributed by atoms with Crippen molar-refractivity contribution in [2.75, 3.05) is 0 Å². The number of hydrogen-bond acceptors (Lipinski definition) is 2. The molecule has 0 aliphatic carbocycles. The van der Waals surface area contributed by atoms with Crippen LogP contribution in [0.5, 0.6) is 0 Å². The van der Waals surface area contributed by atoms with Crippen LogP contribution in [0.25, 0.3) is 0 Å². The third-order valence-corrected chi connectivity index (χ3v) is 2.76. The van der Waals surface area contributed by atoms with Gasteiger partial charge in [0.15, 0.2) is 0 Å². The zero-order valence-electron chi connectivity index (χ0n) is 8.26. The third kappa shape index (κ3) is 3.38. The topological polar surface area (TPSA) is 55.1 Å². The SMILES string of the molecule is C[C@H](N)C(=O)NCc1cccc(Cl)c1Cl. The monoisotopic (exact) mass is 246 g/mol. The number of benzene rings is 1. The fourth-order valence-electron chi connectivity index (χ4n) is 1.03. The number of hydrogen-bond donors (Lipinski definition) is 2. The fourth-order valence-corrected chi connectivity index (χ4v) is 1.42. The van der Waals surface area contributed by atoms with E-state index >= 15 is 0 Å². The first-order valence-corrected chi connectivity index (χ1v) is 5.24. The van der Waals surface area contributed by atoms with Crippen molar-refractivity contribution in [3.63, 3.8) is 0 Å². The van der Waals surface area contributed by atoms with E-state index in [1.165, 1.54) is 0 Å². The van der Waals surface area contributed by atoms with Gasteiger partial charge in [-0.3, -0.25) is 4.79 Å². The van der Waals surface area contributed by atoms with Gasteiger partial charge in [0.2, 0.25) is 5.91 Å². The summed E-state index contributed by atoms with van der Waals surface area (Å²) in [5.41, 5.74) is 6.17. The number of nitrogens with two attached hydrogens (primary N) is 1. The largest absolute Gasteiger partial charge is 0.351 e. The number of nitrogens with one attached hydrogen (secondary N) is 1. The van der Waals surface area contributed by atoms with Crippen molar-refractivity contribution in [2.24, 2.45) is 5.73 Å². The van der Waals surface area contributed by atoms with Crippen LogP contribution < -0.4 is 11.1 Å². The van der Waals surface area contributed by atoms with Crippen LogP contribution in [0.15, 0.2) is 18.2 Å². The standard InChI is InChI=1S/C10H12Cl2N2O/c1-6(13)10(15)14-5-7-3-2-4-8(11)9(7)12/h2-4,6H,5,13H2,1H3,(H,14,15)/t6-/m0/s1. The number of rotatable bonds is 3. The van der Waals surface area contributed by atoms with Crippen LogP contribution in [0.1, 0.15) is 12.5 Å². The quantitative estimate of drug-likeness (QED) is 0.857. The summed E-state index contributed by atoms with van der Waals surface area (Å²) < 4.78 is 0. The van der Waals surface area contributed by atoms with Gasteiger partial charge >= 0.3 is 0 Å². The van der Waals surface area contributed by atoms with Crippen LogP contribution in [0, 0.1) is 0 Å². The van der Waals surface area contributed by atoms with Gasteiger partial charge < -0.3 is 11.1 Å². The lowest BCUT2D eigenvalue weighted by Gasteiger charge is -2.09. The summed E-state index contributed by atoms with van der Waals surface area (Å²) in [5, 5.41) is 3.60. The Hall–Kier alpha value is -0.770. The van der Waals surface area contributed by atoms with Gasteiger partial charge in [-0.1, -0.05) is 35.3 Å². The highest BCUT2D eigenvalue weighted by molar-refractivity contribution is 6.42. The number of halogens is 2. The molecule has 0 aliphatic heterocycles. The lowest BCUT2D eigenvalue weighted by Crippen LogP contribution is -2.37. The summed E-state index contributed by atoms with van der Waals surface area (Å²) >= 11 is 11.8. The lowest BCUT2D eigenvalue weighted by atomic mass is 10.2. The smallest absolute Gasteiger partial charge is 0.236 e. The molecule has 0 spiro atoms. The fraction of sp³-hybridized carbons (Fsp3) is 0.300. The Labute approximate surface area is 98.5 Å². The molecule has 0 aliphatic rings. The molecule has 1 aromatic rings. The Morgan fingerprint density at radius 2 is 2.20 bits per heavy atom. The number of carbonyl (C=O) groups is 1. The van der Waals surface area contributed by atoms with Crippen LogP contribution in [-0.2, 0) is 11.3 Å². The Balaban J connectivity index is 2.66. The predicted molar refractivity (Wildman–Crippen MR) is 62.0 cm³/mol. The zero-order valence-corrected chi connectivity index (χ0v) is 9.77. The van der Waals surface area contributed by atoms with E-state index in [0.29, 0.717) is 16.6 Å². The summed E-state index contributed by atoms with van der Waals surface area (Å²) in [6, 6.07) is 4.75. The first-order valence-electron chi connectivity index (χ1n) is 4.48. The Morgan fingerprint density at radius 1 is 1.53 bits per heavy atom. The molecule has 3 N–H and O–H groups in total. The maximum atomic E-state index is 11.2. The van der Waals surface area contributed by atoms with Gasteiger partial charge in [0.25, 0.3) is 0 Å². The van der Waals surface area contributed by atoms with E-state index in [0.717, 1.165) is 5.56 Å². The first-order chi connectivity index (χ1) is 7.02. The molecular weight excluding hydrogens is 235 g/mol. The van der Waals surface area contributed by atoms with Gasteiger partial charge in [-0.2, -0.15) is 0 Å². The molecule has 0 heterocycles. The lowest BCUT2D eigenvalue weighted by molar-refractivity contribution is -0.122. The Morgan fingerprint density at radius 3 is 2.80 bits per heavy atom. The van der Waals surface area contributed by atoms with E-state index in [1.54, 1.807) is 25.1 Å².